The molecule has 0 spiro atoms. The van der Waals surface area contributed by atoms with Crippen LogP contribution in [0, 0.1) is 18.6 Å². The molecule has 2 aromatic rings. The van der Waals surface area contributed by atoms with Crippen molar-refractivity contribution < 1.29 is 13.6 Å². The SMILES string of the molecule is Cc1cc(F)c(C(=O)c2c(Cl)cccc2Cl)cc1F. The predicted molar refractivity (Wildman–Crippen MR) is 71.0 cm³/mol. The topological polar surface area (TPSA) is 17.1 Å². The van der Waals surface area contributed by atoms with Gasteiger partial charge >= 0.3 is 0 Å². The Kier molecular flexibility index (Phi) is 3.88. The Hall–Kier alpha value is -1.45. The van der Waals surface area contributed by atoms with Gasteiger partial charge in [-0.15, -0.1) is 0 Å². The number of hydrogen-bond donors (Lipinski definition) is 0. The summed E-state index contributed by atoms with van der Waals surface area (Å²) >= 11 is 11.8. The highest BCUT2D eigenvalue weighted by Gasteiger charge is 2.21. The van der Waals surface area contributed by atoms with E-state index in [1.165, 1.54) is 19.1 Å². The smallest absolute Gasteiger partial charge is 0.199 e. The van der Waals surface area contributed by atoms with Gasteiger partial charge < -0.3 is 0 Å². The lowest BCUT2D eigenvalue weighted by Crippen LogP contribution is -2.07. The van der Waals surface area contributed by atoms with Crippen LogP contribution in [-0.2, 0) is 0 Å². The number of halogens is 4. The predicted octanol–water partition coefficient (Wildman–Crippen LogP) is 4.81. The molecule has 0 N–H and O–H groups in total. The first kappa shape index (κ1) is 14.0. The van der Waals surface area contributed by atoms with Crippen molar-refractivity contribution in [2.24, 2.45) is 0 Å². The maximum atomic E-state index is 13.8. The van der Waals surface area contributed by atoms with Gasteiger partial charge in [0.05, 0.1) is 21.2 Å². The molecule has 19 heavy (non-hydrogen) atoms. The van der Waals surface area contributed by atoms with Crippen LogP contribution in [0.15, 0.2) is 30.3 Å². The number of ketones is 1. The molecule has 98 valence electrons. The molecule has 0 heterocycles. The molecular weight excluding hydrogens is 293 g/mol. The number of carbonyl (C=O) groups excluding carboxylic acids is 1. The molecule has 0 aliphatic carbocycles. The first-order valence-electron chi connectivity index (χ1n) is 5.36. The summed E-state index contributed by atoms with van der Waals surface area (Å²) in [7, 11) is 0. The van der Waals surface area contributed by atoms with Crippen molar-refractivity contribution in [3.63, 3.8) is 0 Å². The molecule has 0 atom stereocenters. The summed E-state index contributed by atoms with van der Waals surface area (Å²) < 4.78 is 27.2. The van der Waals surface area contributed by atoms with Crippen LogP contribution in [0.2, 0.25) is 10.0 Å². The quantitative estimate of drug-likeness (QED) is 0.727. The first-order chi connectivity index (χ1) is 8.91. The van der Waals surface area contributed by atoms with Crippen LogP contribution in [-0.4, -0.2) is 5.78 Å². The molecule has 0 aromatic heterocycles. The van der Waals surface area contributed by atoms with Gasteiger partial charge in [0.25, 0.3) is 0 Å². The monoisotopic (exact) mass is 300 g/mol. The van der Waals surface area contributed by atoms with Crippen molar-refractivity contribution in [3.05, 3.63) is 68.7 Å². The van der Waals surface area contributed by atoms with E-state index in [9.17, 15) is 13.6 Å². The molecule has 0 fully saturated rings. The van der Waals surface area contributed by atoms with Gasteiger partial charge in [0.2, 0.25) is 0 Å². The number of aryl methyl sites for hydroxylation is 1. The summed E-state index contributed by atoms with van der Waals surface area (Å²) in [5.74, 6) is -2.21. The molecule has 2 rings (SSSR count). The number of rotatable bonds is 2. The maximum Gasteiger partial charge on any atom is 0.199 e. The molecule has 0 unspecified atom stereocenters. The minimum Gasteiger partial charge on any atom is -0.288 e. The maximum absolute atomic E-state index is 13.8. The highest BCUT2D eigenvalue weighted by molar-refractivity contribution is 6.41. The van der Waals surface area contributed by atoms with Gasteiger partial charge in [-0.05, 0) is 36.8 Å². The molecule has 0 radical (unpaired) electrons. The molecule has 5 heteroatoms. The van der Waals surface area contributed by atoms with Gasteiger partial charge in [-0.2, -0.15) is 0 Å². The summed E-state index contributed by atoms with van der Waals surface area (Å²) in [4.78, 5) is 12.2. The van der Waals surface area contributed by atoms with Crippen molar-refractivity contribution >= 4 is 29.0 Å². The Labute approximate surface area is 118 Å². The summed E-state index contributed by atoms with van der Waals surface area (Å²) in [5.41, 5.74) is -0.301. The summed E-state index contributed by atoms with van der Waals surface area (Å²) in [6, 6.07) is 6.31. The summed E-state index contributed by atoms with van der Waals surface area (Å²) in [6.07, 6.45) is 0. The van der Waals surface area contributed by atoms with E-state index in [1.807, 2.05) is 0 Å². The second-order valence-electron chi connectivity index (χ2n) is 4.01. The average Bonchev–Trinajstić information content (AvgIpc) is 2.33. The number of benzene rings is 2. The zero-order chi connectivity index (χ0) is 14.2. The summed E-state index contributed by atoms with van der Waals surface area (Å²) in [5, 5.41) is 0.191. The minimum absolute atomic E-state index is 0.0343. The lowest BCUT2D eigenvalue weighted by molar-refractivity contribution is 0.103. The minimum atomic E-state index is -0.806. The van der Waals surface area contributed by atoms with Crippen LogP contribution in [0.5, 0.6) is 0 Å². The zero-order valence-electron chi connectivity index (χ0n) is 9.81. The molecule has 1 nitrogen and oxygen atoms in total. The second-order valence-corrected chi connectivity index (χ2v) is 4.82. The van der Waals surface area contributed by atoms with Gasteiger partial charge in [0, 0.05) is 0 Å². The van der Waals surface area contributed by atoms with E-state index in [2.05, 4.69) is 0 Å². The van der Waals surface area contributed by atoms with Crippen LogP contribution in [0.4, 0.5) is 8.78 Å². The number of hydrogen-bond acceptors (Lipinski definition) is 1. The van der Waals surface area contributed by atoms with Gasteiger partial charge in [-0.1, -0.05) is 29.3 Å². The molecule has 0 amide bonds. The van der Waals surface area contributed by atoms with Crippen LogP contribution >= 0.6 is 23.2 Å². The third kappa shape index (κ3) is 2.62. The molecule has 0 saturated carbocycles. The lowest BCUT2D eigenvalue weighted by Gasteiger charge is -2.08. The van der Waals surface area contributed by atoms with Crippen LogP contribution in [0.25, 0.3) is 0 Å². The average molecular weight is 301 g/mol. The fourth-order valence-corrected chi connectivity index (χ4v) is 2.24. The van der Waals surface area contributed by atoms with Crippen molar-refractivity contribution in [2.45, 2.75) is 6.92 Å². The molecule has 0 aliphatic rings. The van der Waals surface area contributed by atoms with E-state index in [0.29, 0.717) is 0 Å². The molecule has 2 aromatic carbocycles. The fraction of sp³-hybridized carbons (Fsp3) is 0.0714. The Bertz CT molecular complexity index is 648. The normalized spacial score (nSPS) is 10.6. The Morgan fingerprint density at radius 2 is 1.63 bits per heavy atom. The highest BCUT2D eigenvalue weighted by Crippen LogP contribution is 2.28. The molecule has 0 saturated heterocycles. The van der Waals surface area contributed by atoms with Crippen molar-refractivity contribution in [3.8, 4) is 0 Å². The van der Waals surface area contributed by atoms with Gasteiger partial charge in [-0.3, -0.25) is 4.79 Å². The highest BCUT2D eigenvalue weighted by atomic mass is 35.5. The van der Waals surface area contributed by atoms with E-state index in [4.69, 9.17) is 23.2 Å². The Morgan fingerprint density at radius 3 is 2.21 bits per heavy atom. The largest absolute Gasteiger partial charge is 0.288 e. The standard InChI is InChI=1S/C14H8Cl2F2O/c1-7-5-12(18)8(6-11(7)17)14(19)13-9(15)3-2-4-10(13)16/h2-6H,1H3. The Balaban J connectivity index is 2.60. The van der Waals surface area contributed by atoms with Crippen LogP contribution in [0.1, 0.15) is 21.5 Å². The van der Waals surface area contributed by atoms with Gasteiger partial charge in [0.1, 0.15) is 11.6 Å². The fourth-order valence-electron chi connectivity index (χ4n) is 1.67. The van der Waals surface area contributed by atoms with Gasteiger partial charge in [-0.25, -0.2) is 8.78 Å². The first-order valence-corrected chi connectivity index (χ1v) is 6.11. The van der Waals surface area contributed by atoms with E-state index >= 15 is 0 Å². The van der Waals surface area contributed by atoms with Crippen LogP contribution in [0.3, 0.4) is 0 Å². The van der Waals surface area contributed by atoms with Crippen molar-refractivity contribution in [1.29, 1.82) is 0 Å². The van der Waals surface area contributed by atoms with E-state index in [1.54, 1.807) is 6.07 Å². The van der Waals surface area contributed by atoms with E-state index in [-0.39, 0.29) is 21.2 Å². The van der Waals surface area contributed by atoms with Crippen molar-refractivity contribution in [1.82, 2.24) is 0 Å². The van der Waals surface area contributed by atoms with Gasteiger partial charge in [0.15, 0.2) is 5.78 Å². The molecule has 0 bridgehead atoms. The summed E-state index contributed by atoms with van der Waals surface area (Å²) in [6.45, 7) is 1.41. The third-order valence-electron chi connectivity index (χ3n) is 2.68. The second kappa shape index (κ2) is 5.27. The van der Waals surface area contributed by atoms with Crippen molar-refractivity contribution in [2.75, 3.05) is 0 Å². The third-order valence-corrected chi connectivity index (χ3v) is 3.31. The molecular formula is C14H8Cl2F2O. The lowest BCUT2D eigenvalue weighted by atomic mass is 10.0. The Morgan fingerprint density at radius 1 is 1.05 bits per heavy atom. The zero-order valence-corrected chi connectivity index (χ0v) is 11.3. The number of carbonyl (C=O) groups is 1. The molecule has 0 aliphatic heterocycles. The van der Waals surface area contributed by atoms with E-state index in [0.717, 1.165) is 12.1 Å². The van der Waals surface area contributed by atoms with Crippen LogP contribution < -0.4 is 0 Å². The van der Waals surface area contributed by atoms with E-state index < -0.39 is 23.0 Å².